The van der Waals surface area contributed by atoms with Crippen molar-refractivity contribution in [1.82, 2.24) is 15.2 Å². The number of anilines is 1. The van der Waals surface area contributed by atoms with Gasteiger partial charge in [0, 0.05) is 11.3 Å². The van der Waals surface area contributed by atoms with Gasteiger partial charge in [0.15, 0.2) is 5.16 Å². The average molecular weight is 382 g/mol. The molecule has 140 valence electrons. The third kappa shape index (κ3) is 4.89. The molecule has 3 N–H and O–H groups in total. The summed E-state index contributed by atoms with van der Waals surface area (Å²) in [5.41, 5.74) is 2.98. The quantitative estimate of drug-likeness (QED) is 0.451. The predicted octanol–water partition coefficient (Wildman–Crippen LogP) is 4.35. The number of aromatic amines is 1. The van der Waals surface area contributed by atoms with Crippen molar-refractivity contribution in [2.24, 2.45) is 0 Å². The maximum atomic E-state index is 12.5. The van der Waals surface area contributed by atoms with E-state index in [2.05, 4.69) is 41.3 Å². The van der Waals surface area contributed by atoms with Crippen molar-refractivity contribution in [3.8, 4) is 5.75 Å². The van der Waals surface area contributed by atoms with Gasteiger partial charge in [-0.15, -0.1) is 0 Å². The fraction of sp³-hybridized carbons (Fsp3) is 0.250. The van der Waals surface area contributed by atoms with Gasteiger partial charge in [-0.3, -0.25) is 9.89 Å². The molecule has 6 nitrogen and oxygen atoms in total. The molecule has 0 spiro atoms. The fourth-order valence-electron chi connectivity index (χ4n) is 2.46. The van der Waals surface area contributed by atoms with Gasteiger partial charge in [0.05, 0.1) is 5.69 Å². The highest BCUT2D eigenvalue weighted by Crippen LogP contribution is 2.31. The molecule has 0 aliphatic rings. The first-order valence-corrected chi connectivity index (χ1v) is 9.53. The highest BCUT2D eigenvalue weighted by atomic mass is 32.2. The molecule has 0 fully saturated rings. The standard InChI is InChI=1S/C20H22N4O2S/c1-20(2,3)15-8-9-17(25)16(10-15)23-18(26)14-6-4-13(5-7-14)11-27-19-21-12-22-24-19/h4-10,12,25H,11H2,1-3H3,(H,23,26)(H,21,22,24). The zero-order chi connectivity index (χ0) is 19.4. The van der Waals surface area contributed by atoms with Crippen LogP contribution in [0.2, 0.25) is 0 Å². The molecule has 1 amide bonds. The number of phenols is 1. The first-order valence-electron chi connectivity index (χ1n) is 8.55. The van der Waals surface area contributed by atoms with Crippen molar-refractivity contribution < 1.29 is 9.90 Å². The third-order valence-electron chi connectivity index (χ3n) is 4.10. The van der Waals surface area contributed by atoms with E-state index in [1.54, 1.807) is 30.0 Å². The van der Waals surface area contributed by atoms with Crippen molar-refractivity contribution in [2.75, 3.05) is 5.32 Å². The maximum Gasteiger partial charge on any atom is 0.255 e. The molecule has 0 aliphatic carbocycles. The van der Waals surface area contributed by atoms with E-state index in [1.807, 2.05) is 24.3 Å². The average Bonchev–Trinajstić information content (AvgIpc) is 3.15. The van der Waals surface area contributed by atoms with Crippen molar-refractivity contribution >= 4 is 23.4 Å². The van der Waals surface area contributed by atoms with Crippen LogP contribution >= 0.6 is 11.8 Å². The number of rotatable bonds is 5. The molecular weight excluding hydrogens is 360 g/mol. The van der Waals surface area contributed by atoms with Crippen molar-refractivity contribution in [1.29, 1.82) is 0 Å². The summed E-state index contributed by atoms with van der Waals surface area (Å²) in [5.74, 6) is 0.521. The molecule has 3 aromatic rings. The van der Waals surface area contributed by atoms with Crippen LogP contribution in [0.3, 0.4) is 0 Å². The summed E-state index contributed by atoms with van der Waals surface area (Å²) in [6.45, 7) is 6.25. The molecular formula is C20H22N4O2S. The highest BCUT2D eigenvalue weighted by molar-refractivity contribution is 7.98. The van der Waals surface area contributed by atoms with E-state index >= 15 is 0 Å². The van der Waals surface area contributed by atoms with E-state index in [0.717, 1.165) is 22.0 Å². The number of H-pyrrole nitrogens is 1. The first kappa shape index (κ1) is 19.0. The predicted molar refractivity (Wildman–Crippen MR) is 107 cm³/mol. The Balaban J connectivity index is 1.67. The summed E-state index contributed by atoms with van der Waals surface area (Å²) < 4.78 is 0. The largest absolute Gasteiger partial charge is 0.506 e. The van der Waals surface area contributed by atoms with Crippen LogP contribution in [-0.4, -0.2) is 26.2 Å². The Labute approximate surface area is 162 Å². The minimum Gasteiger partial charge on any atom is -0.506 e. The van der Waals surface area contributed by atoms with Crippen LogP contribution < -0.4 is 5.32 Å². The van der Waals surface area contributed by atoms with Gasteiger partial charge in [0.25, 0.3) is 5.91 Å². The number of phenolic OH excluding ortho intramolecular Hbond substituents is 1. The minimum absolute atomic E-state index is 0.0522. The highest BCUT2D eigenvalue weighted by Gasteiger charge is 2.17. The summed E-state index contributed by atoms with van der Waals surface area (Å²) in [4.78, 5) is 16.6. The molecule has 27 heavy (non-hydrogen) atoms. The third-order valence-corrected chi connectivity index (χ3v) is 5.04. The lowest BCUT2D eigenvalue weighted by molar-refractivity contribution is 0.102. The molecule has 3 rings (SSSR count). The smallest absolute Gasteiger partial charge is 0.255 e. The lowest BCUT2D eigenvalue weighted by atomic mass is 9.87. The van der Waals surface area contributed by atoms with Gasteiger partial charge in [0.1, 0.15) is 12.1 Å². The Bertz CT molecular complexity index is 916. The van der Waals surface area contributed by atoms with Crippen LogP contribution in [-0.2, 0) is 11.2 Å². The number of amides is 1. The number of carbonyl (C=O) groups is 1. The van der Waals surface area contributed by atoms with Crippen LogP contribution in [0.15, 0.2) is 53.9 Å². The summed E-state index contributed by atoms with van der Waals surface area (Å²) in [7, 11) is 0. The second-order valence-corrected chi connectivity index (χ2v) is 8.18. The van der Waals surface area contributed by atoms with Gasteiger partial charge >= 0.3 is 0 Å². The van der Waals surface area contributed by atoms with Gasteiger partial charge in [-0.2, -0.15) is 5.10 Å². The number of aromatic nitrogens is 3. The molecule has 2 aromatic carbocycles. The first-order chi connectivity index (χ1) is 12.8. The van der Waals surface area contributed by atoms with Gasteiger partial charge in [0.2, 0.25) is 0 Å². The van der Waals surface area contributed by atoms with Crippen molar-refractivity contribution in [3.05, 3.63) is 65.5 Å². The number of hydrogen-bond acceptors (Lipinski definition) is 5. The Morgan fingerprint density at radius 2 is 1.93 bits per heavy atom. The lowest BCUT2D eigenvalue weighted by Crippen LogP contribution is -2.15. The van der Waals surface area contributed by atoms with Crippen LogP contribution in [0.4, 0.5) is 5.69 Å². The summed E-state index contributed by atoms with van der Waals surface area (Å²) in [5, 5.41) is 20.2. The van der Waals surface area contributed by atoms with Gasteiger partial charge in [-0.05, 0) is 40.8 Å². The molecule has 0 saturated heterocycles. The zero-order valence-electron chi connectivity index (χ0n) is 15.5. The van der Waals surface area contributed by atoms with E-state index in [9.17, 15) is 9.90 Å². The van der Waals surface area contributed by atoms with E-state index < -0.39 is 0 Å². The molecule has 0 atom stereocenters. The normalized spacial score (nSPS) is 11.4. The van der Waals surface area contributed by atoms with Crippen LogP contribution in [0.25, 0.3) is 0 Å². The monoisotopic (exact) mass is 382 g/mol. The van der Waals surface area contributed by atoms with Gasteiger partial charge in [-0.25, -0.2) is 4.98 Å². The Morgan fingerprint density at radius 3 is 2.56 bits per heavy atom. The summed E-state index contributed by atoms with van der Waals surface area (Å²) in [6.07, 6.45) is 1.47. The van der Waals surface area contributed by atoms with Crippen LogP contribution in [0, 0.1) is 0 Å². The fourth-order valence-corrected chi connectivity index (χ4v) is 3.20. The van der Waals surface area contributed by atoms with Gasteiger partial charge < -0.3 is 10.4 Å². The van der Waals surface area contributed by atoms with Gasteiger partial charge in [-0.1, -0.05) is 50.7 Å². The Kier molecular flexibility index (Phi) is 5.51. The molecule has 0 aliphatic heterocycles. The second-order valence-electron chi connectivity index (χ2n) is 7.21. The topological polar surface area (TPSA) is 90.9 Å². The number of hydrogen-bond donors (Lipinski definition) is 3. The maximum absolute atomic E-state index is 12.5. The number of carbonyl (C=O) groups excluding carboxylic acids is 1. The number of nitrogens with one attached hydrogen (secondary N) is 2. The molecule has 7 heteroatoms. The second kappa shape index (κ2) is 7.84. The molecule has 1 aromatic heterocycles. The number of aromatic hydroxyl groups is 1. The summed E-state index contributed by atoms with van der Waals surface area (Å²) >= 11 is 1.54. The van der Waals surface area contributed by atoms with E-state index in [0.29, 0.717) is 11.3 Å². The van der Waals surface area contributed by atoms with Crippen molar-refractivity contribution in [2.45, 2.75) is 37.1 Å². The molecule has 0 saturated carbocycles. The minimum atomic E-state index is -0.259. The number of thioether (sulfide) groups is 1. The Hall–Kier alpha value is -2.80. The Morgan fingerprint density at radius 1 is 1.19 bits per heavy atom. The molecule has 0 unspecified atom stereocenters. The SMILES string of the molecule is CC(C)(C)c1ccc(O)c(NC(=O)c2ccc(CSc3ncn[nH]3)cc2)c1. The molecule has 0 bridgehead atoms. The number of nitrogens with zero attached hydrogens (tertiary/aromatic N) is 2. The molecule has 1 heterocycles. The van der Waals surface area contributed by atoms with E-state index in [4.69, 9.17) is 0 Å². The molecule has 0 radical (unpaired) electrons. The van der Waals surface area contributed by atoms with Crippen molar-refractivity contribution in [3.63, 3.8) is 0 Å². The lowest BCUT2D eigenvalue weighted by Gasteiger charge is -2.20. The summed E-state index contributed by atoms with van der Waals surface area (Å²) in [6, 6.07) is 12.7. The van der Waals surface area contributed by atoms with E-state index in [1.165, 1.54) is 6.33 Å². The zero-order valence-corrected chi connectivity index (χ0v) is 16.3. The number of benzene rings is 2. The van der Waals surface area contributed by atoms with Crippen LogP contribution in [0.5, 0.6) is 5.75 Å². The van der Waals surface area contributed by atoms with E-state index in [-0.39, 0.29) is 17.1 Å². The van der Waals surface area contributed by atoms with Crippen LogP contribution in [0.1, 0.15) is 42.3 Å².